The minimum absolute atomic E-state index is 0.254. The molecule has 112 valence electrons. The van der Waals surface area contributed by atoms with Crippen LogP contribution in [0.5, 0.6) is 0 Å². The number of benzene rings is 2. The monoisotopic (exact) mass is 304 g/mol. The maximum atomic E-state index is 12.8. The molecule has 21 heavy (non-hydrogen) atoms. The van der Waals surface area contributed by atoms with E-state index in [1.165, 1.54) is 0 Å². The molecule has 2 atom stereocenters. The first-order valence-corrected chi connectivity index (χ1v) is 8.80. The standard InChI is InChI=1S/C17H21O3P/c1-3-14(2)20-21(18,19)17(15-10-6-4-7-11-15)16-12-8-5-9-13-16/h4-14,17H,3H2,1-2H3,(H,18,19). The van der Waals surface area contributed by atoms with Crippen molar-refractivity contribution in [2.24, 2.45) is 0 Å². The lowest BCUT2D eigenvalue weighted by Gasteiger charge is -2.26. The van der Waals surface area contributed by atoms with Crippen LogP contribution in [0.25, 0.3) is 0 Å². The number of hydrogen-bond acceptors (Lipinski definition) is 2. The van der Waals surface area contributed by atoms with Crippen LogP contribution in [-0.2, 0) is 9.09 Å². The summed E-state index contributed by atoms with van der Waals surface area (Å²) < 4.78 is 18.3. The molecule has 0 aliphatic carbocycles. The third-order valence-electron chi connectivity index (χ3n) is 3.46. The quantitative estimate of drug-likeness (QED) is 0.781. The van der Waals surface area contributed by atoms with Gasteiger partial charge in [-0.15, -0.1) is 0 Å². The molecule has 2 rings (SSSR count). The van der Waals surface area contributed by atoms with Crippen molar-refractivity contribution >= 4 is 7.60 Å². The van der Waals surface area contributed by atoms with Gasteiger partial charge in [-0.25, -0.2) is 0 Å². The van der Waals surface area contributed by atoms with E-state index < -0.39 is 13.3 Å². The zero-order chi connectivity index (χ0) is 15.3. The van der Waals surface area contributed by atoms with Crippen LogP contribution in [0.3, 0.4) is 0 Å². The Hall–Kier alpha value is -1.41. The van der Waals surface area contributed by atoms with E-state index in [1.54, 1.807) is 0 Å². The normalized spacial score (nSPS) is 15.6. The molecule has 0 saturated heterocycles. The molecule has 0 saturated carbocycles. The van der Waals surface area contributed by atoms with Gasteiger partial charge in [-0.2, -0.15) is 0 Å². The maximum absolute atomic E-state index is 12.8. The highest BCUT2D eigenvalue weighted by Crippen LogP contribution is 2.60. The molecular formula is C17H21O3P. The lowest BCUT2D eigenvalue weighted by atomic mass is 10.0. The number of rotatable bonds is 6. The van der Waals surface area contributed by atoms with Crippen LogP contribution < -0.4 is 0 Å². The lowest BCUT2D eigenvalue weighted by molar-refractivity contribution is 0.182. The van der Waals surface area contributed by atoms with Gasteiger partial charge in [-0.1, -0.05) is 67.6 Å². The highest BCUT2D eigenvalue weighted by molar-refractivity contribution is 7.53. The van der Waals surface area contributed by atoms with Crippen molar-refractivity contribution in [3.63, 3.8) is 0 Å². The summed E-state index contributed by atoms with van der Waals surface area (Å²) in [6, 6.07) is 18.7. The molecule has 2 aromatic carbocycles. The Morgan fingerprint density at radius 3 is 1.81 bits per heavy atom. The third-order valence-corrected chi connectivity index (χ3v) is 5.37. The van der Waals surface area contributed by atoms with Gasteiger partial charge >= 0.3 is 7.60 Å². The maximum Gasteiger partial charge on any atom is 0.340 e. The summed E-state index contributed by atoms with van der Waals surface area (Å²) in [5, 5.41) is 0. The van der Waals surface area contributed by atoms with Crippen LogP contribution in [0.2, 0.25) is 0 Å². The van der Waals surface area contributed by atoms with E-state index in [0.717, 1.165) is 11.1 Å². The lowest BCUT2D eigenvalue weighted by Crippen LogP contribution is -2.10. The van der Waals surface area contributed by atoms with Crippen molar-refractivity contribution in [2.45, 2.75) is 32.0 Å². The molecule has 0 aliphatic heterocycles. The van der Waals surface area contributed by atoms with Crippen LogP contribution >= 0.6 is 7.60 Å². The minimum Gasteiger partial charge on any atom is -0.324 e. The SMILES string of the molecule is CCC(C)OP(=O)(O)C(c1ccccc1)c1ccccc1. The molecule has 4 heteroatoms. The molecule has 0 radical (unpaired) electrons. The summed E-state index contributed by atoms with van der Waals surface area (Å²) in [5.74, 6) is 0. The first kappa shape index (κ1) is 16.0. The van der Waals surface area contributed by atoms with Crippen LogP contribution in [0.4, 0.5) is 0 Å². The molecular weight excluding hydrogens is 283 g/mol. The summed E-state index contributed by atoms with van der Waals surface area (Å²) in [5.41, 5.74) is 0.921. The molecule has 2 aromatic rings. The first-order valence-electron chi connectivity index (χ1n) is 7.15. The summed E-state index contributed by atoms with van der Waals surface area (Å²) in [6.07, 6.45) is 0.441. The Bertz CT molecular complexity index is 558. The van der Waals surface area contributed by atoms with Crippen molar-refractivity contribution in [3.8, 4) is 0 Å². The average molecular weight is 304 g/mol. The molecule has 0 aliphatic rings. The largest absolute Gasteiger partial charge is 0.340 e. The van der Waals surface area contributed by atoms with Gasteiger partial charge in [0.05, 0.1) is 6.10 Å². The van der Waals surface area contributed by atoms with E-state index in [2.05, 4.69) is 0 Å². The molecule has 0 amide bonds. The fourth-order valence-electron chi connectivity index (χ4n) is 2.23. The molecule has 0 heterocycles. The van der Waals surface area contributed by atoms with Crippen LogP contribution in [-0.4, -0.2) is 11.0 Å². The van der Waals surface area contributed by atoms with Crippen LogP contribution in [0.15, 0.2) is 60.7 Å². The minimum atomic E-state index is -3.82. The first-order chi connectivity index (χ1) is 10.0. The second kappa shape index (κ2) is 7.04. The highest BCUT2D eigenvalue weighted by atomic mass is 31.2. The molecule has 0 bridgehead atoms. The summed E-state index contributed by atoms with van der Waals surface area (Å²) >= 11 is 0. The second-order valence-corrected chi connectivity index (χ2v) is 6.97. The smallest absolute Gasteiger partial charge is 0.324 e. The predicted molar refractivity (Wildman–Crippen MR) is 85.4 cm³/mol. The third kappa shape index (κ3) is 4.04. The van der Waals surface area contributed by atoms with Crippen molar-refractivity contribution in [1.82, 2.24) is 0 Å². The summed E-state index contributed by atoms with van der Waals surface area (Å²) in [7, 11) is -3.82. The van der Waals surface area contributed by atoms with Crippen molar-refractivity contribution in [1.29, 1.82) is 0 Å². The molecule has 1 N–H and O–H groups in total. The predicted octanol–water partition coefficient (Wildman–Crippen LogP) is 4.78. The van der Waals surface area contributed by atoms with Gasteiger partial charge in [0.25, 0.3) is 0 Å². The fraction of sp³-hybridized carbons (Fsp3) is 0.294. The van der Waals surface area contributed by atoms with E-state index in [1.807, 2.05) is 74.5 Å². The van der Waals surface area contributed by atoms with E-state index in [0.29, 0.717) is 6.42 Å². The zero-order valence-corrected chi connectivity index (χ0v) is 13.2. The number of hydrogen-bond donors (Lipinski definition) is 1. The topological polar surface area (TPSA) is 46.5 Å². The van der Waals surface area contributed by atoms with Crippen molar-refractivity contribution < 1.29 is 14.0 Å². The van der Waals surface area contributed by atoms with Gasteiger partial charge in [0.2, 0.25) is 0 Å². The van der Waals surface area contributed by atoms with Gasteiger partial charge in [-0.05, 0) is 24.5 Å². The second-order valence-electron chi connectivity index (χ2n) is 5.11. The molecule has 0 spiro atoms. The Balaban J connectivity index is 2.44. The van der Waals surface area contributed by atoms with Crippen molar-refractivity contribution in [3.05, 3.63) is 71.8 Å². The Labute approximate surface area is 126 Å². The molecule has 0 aromatic heterocycles. The molecule has 0 fully saturated rings. The Morgan fingerprint density at radius 1 is 1.00 bits per heavy atom. The van der Waals surface area contributed by atoms with Gasteiger partial charge in [0, 0.05) is 0 Å². The van der Waals surface area contributed by atoms with Gasteiger partial charge in [0.1, 0.15) is 5.66 Å². The highest BCUT2D eigenvalue weighted by Gasteiger charge is 2.36. The Morgan fingerprint density at radius 2 is 1.43 bits per heavy atom. The average Bonchev–Trinajstić information content (AvgIpc) is 2.48. The van der Waals surface area contributed by atoms with E-state index in [9.17, 15) is 9.46 Å². The van der Waals surface area contributed by atoms with Crippen LogP contribution in [0.1, 0.15) is 37.1 Å². The van der Waals surface area contributed by atoms with Crippen molar-refractivity contribution in [2.75, 3.05) is 0 Å². The molecule has 2 unspecified atom stereocenters. The Kier molecular flexibility index (Phi) is 5.35. The van der Waals surface area contributed by atoms with E-state index >= 15 is 0 Å². The molecule has 3 nitrogen and oxygen atoms in total. The summed E-state index contributed by atoms with van der Waals surface area (Å²) in [6.45, 7) is 3.75. The van der Waals surface area contributed by atoms with Gasteiger partial charge in [-0.3, -0.25) is 4.57 Å². The summed E-state index contributed by atoms with van der Waals surface area (Å²) in [4.78, 5) is 10.5. The van der Waals surface area contributed by atoms with Crippen LogP contribution in [0, 0.1) is 0 Å². The van der Waals surface area contributed by atoms with Gasteiger partial charge < -0.3 is 9.42 Å². The van der Waals surface area contributed by atoms with E-state index in [-0.39, 0.29) is 6.10 Å². The van der Waals surface area contributed by atoms with Gasteiger partial charge in [0.15, 0.2) is 0 Å². The zero-order valence-electron chi connectivity index (χ0n) is 12.3. The van der Waals surface area contributed by atoms with E-state index in [4.69, 9.17) is 4.52 Å². The fourth-order valence-corrected chi connectivity index (χ4v) is 4.12.